The Labute approximate surface area is 228 Å². The predicted octanol–water partition coefficient (Wildman–Crippen LogP) is 4.95. The van der Waals surface area contributed by atoms with Gasteiger partial charge in [-0.3, -0.25) is 9.48 Å². The molecule has 0 aliphatic carbocycles. The van der Waals surface area contributed by atoms with Crippen LogP contribution in [0.15, 0.2) is 60.9 Å². The van der Waals surface area contributed by atoms with Gasteiger partial charge in [-0.15, -0.1) is 5.10 Å². The van der Waals surface area contributed by atoms with Crippen LogP contribution in [0, 0.1) is 0 Å². The number of nitrogens with zero attached hydrogens (tertiary/aromatic N) is 6. The van der Waals surface area contributed by atoms with Gasteiger partial charge in [-0.1, -0.05) is 42.8 Å². The number of aryl methyl sites for hydroxylation is 2. The van der Waals surface area contributed by atoms with Crippen molar-refractivity contribution in [1.29, 1.82) is 0 Å². The summed E-state index contributed by atoms with van der Waals surface area (Å²) >= 11 is 0. The van der Waals surface area contributed by atoms with Crippen LogP contribution in [0.3, 0.4) is 0 Å². The maximum absolute atomic E-state index is 13.5. The van der Waals surface area contributed by atoms with Crippen molar-refractivity contribution in [1.82, 2.24) is 29.7 Å². The summed E-state index contributed by atoms with van der Waals surface area (Å²) in [4.78, 5) is 27.5. The highest BCUT2D eigenvalue weighted by molar-refractivity contribution is 5.96. The minimum absolute atomic E-state index is 0.0932. The molecule has 9 nitrogen and oxygen atoms in total. The predicted molar refractivity (Wildman–Crippen MR) is 148 cm³/mol. The fourth-order valence-electron chi connectivity index (χ4n) is 5.49. The zero-order valence-electron chi connectivity index (χ0n) is 22.5. The lowest BCUT2D eigenvalue weighted by Gasteiger charge is -2.36. The third-order valence-corrected chi connectivity index (χ3v) is 7.41. The highest BCUT2D eigenvalue weighted by Gasteiger charge is 2.27. The van der Waals surface area contributed by atoms with Gasteiger partial charge in [0.25, 0.3) is 5.91 Å². The molecule has 2 aromatic heterocycles. The van der Waals surface area contributed by atoms with E-state index < -0.39 is 5.97 Å². The van der Waals surface area contributed by atoms with Crippen molar-refractivity contribution in [3.05, 3.63) is 83.4 Å². The zero-order valence-corrected chi connectivity index (χ0v) is 22.5. The Morgan fingerprint density at radius 3 is 2.59 bits per heavy atom. The maximum atomic E-state index is 13.5. The zero-order chi connectivity index (χ0) is 27.4. The van der Waals surface area contributed by atoms with Crippen LogP contribution < -0.4 is 0 Å². The monoisotopic (exact) mass is 526 g/mol. The lowest BCUT2D eigenvalue weighted by Crippen LogP contribution is -2.43. The van der Waals surface area contributed by atoms with E-state index in [-0.39, 0.29) is 11.5 Å². The molecule has 39 heavy (non-hydrogen) atoms. The molecular weight excluding hydrogens is 492 g/mol. The number of hydrogen-bond donors (Lipinski definition) is 1. The SMILES string of the molecule is CCC[C@@H]1CCCCN1C(=O)c1cccc(-c2cccc(-n3ncc(C(=O)O)c3CCc3cn(C)nn3)c2)c1. The van der Waals surface area contributed by atoms with E-state index in [9.17, 15) is 14.7 Å². The number of benzene rings is 2. The van der Waals surface area contributed by atoms with Gasteiger partial charge in [0.05, 0.1) is 23.3 Å². The number of aromatic nitrogens is 5. The van der Waals surface area contributed by atoms with Gasteiger partial charge in [0, 0.05) is 31.4 Å². The van der Waals surface area contributed by atoms with Crippen molar-refractivity contribution >= 4 is 11.9 Å². The molecule has 1 aliphatic heterocycles. The first kappa shape index (κ1) is 26.3. The number of aromatic carboxylic acids is 1. The van der Waals surface area contributed by atoms with E-state index in [1.54, 1.807) is 16.4 Å². The minimum Gasteiger partial charge on any atom is -0.478 e. The second-order valence-electron chi connectivity index (χ2n) is 10.2. The van der Waals surface area contributed by atoms with E-state index in [0.717, 1.165) is 54.7 Å². The first-order chi connectivity index (χ1) is 18.9. The van der Waals surface area contributed by atoms with Crippen molar-refractivity contribution in [3.8, 4) is 16.8 Å². The summed E-state index contributed by atoms with van der Waals surface area (Å²) in [7, 11) is 1.80. The van der Waals surface area contributed by atoms with Gasteiger partial charge >= 0.3 is 5.97 Å². The van der Waals surface area contributed by atoms with Crippen molar-refractivity contribution in [3.63, 3.8) is 0 Å². The maximum Gasteiger partial charge on any atom is 0.339 e. The lowest BCUT2D eigenvalue weighted by molar-refractivity contribution is 0.0600. The van der Waals surface area contributed by atoms with E-state index in [0.29, 0.717) is 30.1 Å². The standard InChI is InChI=1S/C30H34N6O3/c1-3-8-25-12-4-5-16-35(25)29(37)23-11-6-9-21(17-23)22-10-7-13-26(18-22)36-28(27(19-31-36)30(38)39)15-14-24-20-34(2)33-32-24/h6-7,9-11,13,17-20,25H,3-5,8,12,14-16H2,1-2H3,(H,38,39)/t25-/m1/s1. The number of hydrogen-bond acceptors (Lipinski definition) is 5. The molecule has 3 heterocycles. The molecule has 0 unspecified atom stereocenters. The molecular formula is C30H34N6O3. The van der Waals surface area contributed by atoms with Crippen LogP contribution >= 0.6 is 0 Å². The largest absolute Gasteiger partial charge is 0.478 e. The Morgan fingerprint density at radius 1 is 1.05 bits per heavy atom. The number of carboxylic acids is 1. The Balaban J connectivity index is 1.43. The molecule has 5 rings (SSSR count). The van der Waals surface area contributed by atoms with Crippen LogP contribution in [0.5, 0.6) is 0 Å². The summed E-state index contributed by atoms with van der Waals surface area (Å²) in [5.41, 5.74) is 4.85. The van der Waals surface area contributed by atoms with Crippen molar-refractivity contribution in [2.75, 3.05) is 6.54 Å². The number of amides is 1. The van der Waals surface area contributed by atoms with E-state index in [4.69, 9.17) is 0 Å². The van der Waals surface area contributed by atoms with Crippen LogP contribution in [0.4, 0.5) is 0 Å². The molecule has 4 aromatic rings. The molecule has 0 spiro atoms. The van der Waals surface area contributed by atoms with Gasteiger partial charge in [-0.25, -0.2) is 9.48 Å². The average molecular weight is 527 g/mol. The molecule has 1 N–H and O–H groups in total. The van der Waals surface area contributed by atoms with Gasteiger partial charge in [0.2, 0.25) is 0 Å². The fraction of sp³-hybridized carbons (Fsp3) is 0.367. The molecule has 1 saturated heterocycles. The fourth-order valence-corrected chi connectivity index (χ4v) is 5.49. The van der Waals surface area contributed by atoms with Crippen LogP contribution in [-0.2, 0) is 19.9 Å². The molecule has 9 heteroatoms. The summed E-state index contributed by atoms with van der Waals surface area (Å²) in [6, 6.07) is 15.9. The second-order valence-corrected chi connectivity index (χ2v) is 10.2. The topological polar surface area (TPSA) is 106 Å². The molecule has 202 valence electrons. The summed E-state index contributed by atoms with van der Waals surface area (Å²) in [5.74, 6) is -0.924. The number of carboxylic acid groups (broad SMARTS) is 1. The third kappa shape index (κ3) is 5.77. The van der Waals surface area contributed by atoms with Gasteiger partial charge < -0.3 is 10.0 Å². The Hall–Kier alpha value is -4.27. The molecule has 1 aliphatic rings. The van der Waals surface area contributed by atoms with E-state index in [1.165, 1.54) is 12.6 Å². The van der Waals surface area contributed by atoms with Crippen LogP contribution in [0.2, 0.25) is 0 Å². The van der Waals surface area contributed by atoms with Crippen LogP contribution in [0.1, 0.15) is 71.1 Å². The quantitative estimate of drug-likeness (QED) is 0.331. The van der Waals surface area contributed by atoms with Crippen LogP contribution in [0.25, 0.3) is 16.8 Å². The smallest absolute Gasteiger partial charge is 0.339 e. The number of piperidine rings is 1. The lowest BCUT2D eigenvalue weighted by atomic mass is 9.96. The number of carbonyl (C=O) groups is 2. The van der Waals surface area contributed by atoms with Crippen molar-refractivity contribution in [2.24, 2.45) is 7.05 Å². The molecule has 1 atom stereocenters. The Morgan fingerprint density at radius 2 is 1.85 bits per heavy atom. The summed E-state index contributed by atoms with van der Waals surface area (Å²) in [5, 5.41) is 22.3. The molecule has 1 fully saturated rings. The summed E-state index contributed by atoms with van der Waals surface area (Å²) in [6.07, 6.45) is 9.61. The van der Waals surface area contributed by atoms with E-state index in [2.05, 4.69) is 27.2 Å². The second kappa shape index (κ2) is 11.6. The normalized spacial score (nSPS) is 15.4. The van der Waals surface area contributed by atoms with Crippen molar-refractivity contribution < 1.29 is 14.7 Å². The molecule has 0 saturated carbocycles. The van der Waals surface area contributed by atoms with Gasteiger partial charge in [-0.2, -0.15) is 5.10 Å². The Kier molecular flexibility index (Phi) is 7.86. The van der Waals surface area contributed by atoms with Gasteiger partial charge in [-0.05, 0) is 73.9 Å². The Bertz CT molecular complexity index is 1470. The average Bonchev–Trinajstić information content (AvgIpc) is 3.58. The summed E-state index contributed by atoms with van der Waals surface area (Å²) < 4.78 is 3.31. The van der Waals surface area contributed by atoms with Gasteiger partial charge in [0.15, 0.2) is 0 Å². The number of likely N-dealkylation sites (tertiary alicyclic amines) is 1. The van der Waals surface area contributed by atoms with E-state index in [1.807, 2.05) is 54.7 Å². The highest BCUT2D eigenvalue weighted by atomic mass is 16.4. The van der Waals surface area contributed by atoms with Crippen LogP contribution in [-0.4, -0.2) is 59.2 Å². The highest BCUT2D eigenvalue weighted by Crippen LogP contribution is 2.27. The minimum atomic E-state index is -1.02. The third-order valence-electron chi connectivity index (χ3n) is 7.41. The summed E-state index contributed by atoms with van der Waals surface area (Å²) in [6.45, 7) is 2.98. The number of rotatable bonds is 9. The van der Waals surface area contributed by atoms with E-state index >= 15 is 0 Å². The van der Waals surface area contributed by atoms with Gasteiger partial charge in [0.1, 0.15) is 5.56 Å². The first-order valence-corrected chi connectivity index (χ1v) is 13.6. The molecule has 0 bridgehead atoms. The molecule has 1 amide bonds. The molecule has 0 radical (unpaired) electrons. The first-order valence-electron chi connectivity index (χ1n) is 13.6. The van der Waals surface area contributed by atoms with Crippen molar-refractivity contribution in [2.45, 2.75) is 57.9 Å². The molecule has 2 aromatic carbocycles. The number of carbonyl (C=O) groups excluding carboxylic acids is 1.